The van der Waals surface area contributed by atoms with Crippen molar-refractivity contribution in [3.63, 3.8) is 0 Å². The van der Waals surface area contributed by atoms with Gasteiger partial charge in [0.1, 0.15) is 5.52 Å². The van der Waals surface area contributed by atoms with E-state index in [1.165, 1.54) is 217 Å². The van der Waals surface area contributed by atoms with Gasteiger partial charge in [0.2, 0.25) is 0 Å². The Balaban J connectivity index is 1.99. The molecule has 296 valence electrons. The molecule has 2 unspecified atom stereocenters. The lowest BCUT2D eigenvalue weighted by Crippen LogP contribution is -2.15. The zero-order chi connectivity index (χ0) is 36.5. The van der Waals surface area contributed by atoms with Crippen LogP contribution in [0.1, 0.15) is 233 Å². The predicted molar refractivity (Wildman–Crippen MR) is 226 cm³/mol. The number of fused-ring (bicyclic) bond motifs is 1. The van der Waals surface area contributed by atoms with Gasteiger partial charge in [0.05, 0.1) is 24.9 Å². The molecule has 1 aromatic heterocycles. The van der Waals surface area contributed by atoms with Crippen LogP contribution in [0.15, 0.2) is 12.1 Å². The van der Waals surface area contributed by atoms with E-state index in [1.807, 2.05) is 0 Å². The second-order valence-electron chi connectivity index (χ2n) is 16.0. The summed E-state index contributed by atoms with van der Waals surface area (Å²) in [6.07, 6.45) is 43.4. The predicted octanol–water partition coefficient (Wildman–Crippen LogP) is 16.2. The van der Waals surface area contributed by atoms with Gasteiger partial charge in [-0.05, 0) is 49.7 Å². The molecular weight excluding hydrogens is 645 g/mol. The molecule has 1 heterocycles. The van der Waals surface area contributed by atoms with Gasteiger partial charge in [0.15, 0.2) is 17.0 Å². The summed E-state index contributed by atoms with van der Waals surface area (Å²) in [6, 6.07) is 4.19. The smallest absolute Gasteiger partial charge is 0.190 e. The Bertz CT molecular complexity index is 1030. The van der Waals surface area contributed by atoms with Crippen LogP contribution in [0.4, 0.5) is 0 Å². The van der Waals surface area contributed by atoms with Crippen molar-refractivity contribution >= 4 is 22.8 Å². The number of ether oxygens (including phenoxy) is 2. The van der Waals surface area contributed by atoms with Crippen molar-refractivity contribution in [2.24, 2.45) is 11.8 Å². The summed E-state index contributed by atoms with van der Waals surface area (Å²) in [5.74, 6) is 2.92. The standard InChI is InChI=1S/C46H84N2O2S/c1-5-9-13-17-21-23-27-31-34-41(33-29-25-19-15-11-7-3)39-49-44-38-37-43-45(48-51-47-43)46(44)50-40-42(35-30-26-20-16-12-8-4)36-32-28-24-22-18-14-10-6-2/h37-38,41-42H,5-36,39-40H2,1-4H3. The van der Waals surface area contributed by atoms with E-state index in [0.29, 0.717) is 11.8 Å². The van der Waals surface area contributed by atoms with Crippen LogP contribution >= 0.6 is 11.7 Å². The minimum Gasteiger partial charge on any atom is -0.489 e. The van der Waals surface area contributed by atoms with E-state index in [4.69, 9.17) is 13.8 Å². The van der Waals surface area contributed by atoms with E-state index in [9.17, 15) is 0 Å². The zero-order valence-electron chi connectivity index (χ0n) is 34.5. The first-order valence-corrected chi connectivity index (χ1v) is 23.5. The molecule has 0 N–H and O–H groups in total. The Morgan fingerprint density at radius 2 is 0.784 bits per heavy atom. The van der Waals surface area contributed by atoms with Crippen LogP contribution in [-0.4, -0.2) is 22.0 Å². The first-order valence-electron chi connectivity index (χ1n) is 22.7. The van der Waals surface area contributed by atoms with Gasteiger partial charge in [-0.1, -0.05) is 207 Å². The maximum Gasteiger partial charge on any atom is 0.190 e. The Morgan fingerprint density at radius 3 is 1.18 bits per heavy atom. The molecule has 4 nitrogen and oxygen atoms in total. The van der Waals surface area contributed by atoms with E-state index in [1.54, 1.807) is 0 Å². The first kappa shape index (κ1) is 45.8. The minimum absolute atomic E-state index is 0.591. The average molecular weight is 729 g/mol. The highest BCUT2D eigenvalue weighted by Gasteiger charge is 2.19. The van der Waals surface area contributed by atoms with Crippen LogP contribution in [0.2, 0.25) is 0 Å². The van der Waals surface area contributed by atoms with Crippen LogP contribution in [0.25, 0.3) is 11.0 Å². The van der Waals surface area contributed by atoms with Gasteiger partial charge >= 0.3 is 0 Å². The number of benzene rings is 1. The van der Waals surface area contributed by atoms with Gasteiger partial charge in [-0.25, -0.2) is 0 Å². The van der Waals surface area contributed by atoms with Crippen LogP contribution in [0, 0.1) is 11.8 Å². The van der Waals surface area contributed by atoms with E-state index in [0.717, 1.165) is 35.7 Å². The van der Waals surface area contributed by atoms with Gasteiger partial charge < -0.3 is 9.47 Å². The highest BCUT2D eigenvalue weighted by molar-refractivity contribution is 7.00. The first-order chi connectivity index (χ1) is 25.2. The third kappa shape index (κ3) is 23.1. The molecule has 0 aliphatic rings. The minimum atomic E-state index is 0.591. The lowest BCUT2D eigenvalue weighted by Gasteiger charge is -2.21. The molecule has 0 aliphatic heterocycles. The monoisotopic (exact) mass is 729 g/mol. The Kier molecular flexibility index (Phi) is 29.8. The number of unbranched alkanes of at least 4 members (excludes halogenated alkanes) is 24. The number of hydrogen-bond donors (Lipinski definition) is 0. The van der Waals surface area contributed by atoms with Crippen LogP contribution in [0.5, 0.6) is 11.5 Å². The molecule has 0 saturated carbocycles. The fraction of sp³-hybridized carbons (Fsp3) is 0.870. The van der Waals surface area contributed by atoms with E-state index in [-0.39, 0.29) is 0 Å². The van der Waals surface area contributed by atoms with Crippen molar-refractivity contribution in [3.8, 4) is 11.5 Å². The highest BCUT2D eigenvalue weighted by Crippen LogP contribution is 2.36. The van der Waals surface area contributed by atoms with Gasteiger partial charge in [-0.15, -0.1) is 0 Å². The molecule has 0 amide bonds. The quantitative estimate of drug-likeness (QED) is 0.0646. The summed E-state index contributed by atoms with van der Waals surface area (Å²) in [5, 5.41) is 0. The van der Waals surface area contributed by atoms with Crippen molar-refractivity contribution in [1.82, 2.24) is 8.75 Å². The second kappa shape index (κ2) is 33.2. The Morgan fingerprint density at radius 1 is 0.431 bits per heavy atom. The third-order valence-corrected chi connectivity index (χ3v) is 11.7. The number of aromatic nitrogens is 2. The molecule has 2 atom stereocenters. The molecule has 0 spiro atoms. The summed E-state index contributed by atoms with van der Waals surface area (Å²) >= 11 is 1.29. The molecule has 0 fully saturated rings. The third-order valence-electron chi connectivity index (χ3n) is 11.1. The molecule has 0 radical (unpaired) electrons. The number of nitrogens with zero attached hydrogens (tertiary/aromatic N) is 2. The maximum atomic E-state index is 6.79. The topological polar surface area (TPSA) is 44.2 Å². The van der Waals surface area contributed by atoms with Crippen molar-refractivity contribution in [2.45, 2.75) is 233 Å². The summed E-state index contributed by atoms with van der Waals surface area (Å²) < 4.78 is 22.8. The molecule has 51 heavy (non-hydrogen) atoms. The highest BCUT2D eigenvalue weighted by atomic mass is 32.1. The van der Waals surface area contributed by atoms with Crippen molar-refractivity contribution in [1.29, 1.82) is 0 Å². The SMILES string of the molecule is CCCCCCCCCCC(CCCCCCCC)COc1ccc2nsnc2c1OCC(CCCCCCCC)CCCCCCCCCC. The van der Waals surface area contributed by atoms with Gasteiger partial charge in [0.25, 0.3) is 0 Å². The summed E-state index contributed by atoms with van der Waals surface area (Å²) in [4.78, 5) is 0. The molecule has 5 heteroatoms. The van der Waals surface area contributed by atoms with E-state index < -0.39 is 0 Å². The van der Waals surface area contributed by atoms with Crippen molar-refractivity contribution in [3.05, 3.63) is 12.1 Å². The number of rotatable bonds is 38. The number of hydrogen-bond acceptors (Lipinski definition) is 5. The van der Waals surface area contributed by atoms with E-state index >= 15 is 0 Å². The molecule has 0 bridgehead atoms. The van der Waals surface area contributed by atoms with Crippen LogP contribution in [0.3, 0.4) is 0 Å². The fourth-order valence-corrected chi connectivity index (χ4v) is 8.19. The second-order valence-corrected chi connectivity index (χ2v) is 16.5. The molecule has 2 rings (SSSR count). The Hall–Kier alpha value is -1.36. The van der Waals surface area contributed by atoms with Gasteiger partial charge in [-0.3, -0.25) is 0 Å². The largest absolute Gasteiger partial charge is 0.489 e. The summed E-state index contributed by atoms with van der Waals surface area (Å²) in [5.41, 5.74) is 1.82. The lowest BCUT2D eigenvalue weighted by atomic mass is 9.94. The normalized spacial score (nSPS) is 12.9. The Labute approximate surface area is 321 Å². The van der Waals surface area contributed by atoms with Crippen molar-refractivity contribution in [2.75, 3.05) is 13.2 Å². The van der Waals surface area contributed by atoms with Gasteiger partial charge in [-0.2, -0.15) is 8.75 Å². The van der Waals surface area contributed by atoms with E-state index in [2.05, 4.69) is 44.2 Å². The average Bonchev–Trinajstić information content (AvgIpc) is 3.63. The summed E-state index contributed by atoms with van der Waals surface area (Å²) in [7, 11) is 0. The molecule has 0 saturated heterocycles. The van der Waals surface area contributed by atoms with Gasteiger partial charge in [0, 0.05) is 0 Å². The fourth-order valence-electron chi connectivity index (χ4n) is 7.65. The van der Waals surface area contributed by atoms with Crippen molar-refractivity contribution < 1.29 is 9.47 Å². The maximum absolute atomic E-state index is 6.79. The lowest BCUT2D eigenvalue weighted by molar-refractivity contribution is 0.194. The van der Waals surface area contributed by atoms with Crippen LogP contribution in [-0.2, 0) is 0 Å². The molecule has 2 aromatic rings. The zero-order valence-corrected chi connectivity index (χ0v) is 35.3. The molecule has 0 aliphatic carbocycles. The summed E-state index contributed by atoms with van der Waals surface area (Å²) in [6.45, 7) is 10.8. The van der Waals surface area contributed by atoms with Crippen LogP contribution < -0.4 is 9.47 Å². The molecule has 1 aromatic carbocycles. The molecular formula is C46H84N2O2S.